The van der Waals surface area contributed by atoms with Crippen LogP contribution in [0.3, 0.4) is 0 Å². The molecule has 0 unspecified atom stereocenters. The summed E-state index contributed by atoms with van der Waals surface area (Å²) in [6.45, 7) is 7.46. The second-order valence-corrected chi connectivity index (χ2v) is 5.07. The standard InChI is InChI=1S/C14H23N3O2/c1-4-10-17-13(18)8-7-12(16-17)14(19)15-9-5-6-11(2)3/h7-8,11H,4-6,9-10H2,1-3H3,(H,15,19). The second kappa shape index (κ2) is 7.71. The molecule has 0 radical (unpaired) electrons. The minimum Gasteiger partial charge on any atom is -0.351 e. The summed E-state index contributed by atoms with van der Waals surface area (Å²) in [5.74, 6) is 0.426. The van der Waals surface area contributed by atoms with E-state index < -0.39 is 0 Å². The van der Waals surface area contributed by atoms with E-state index in [1.165, 1.54) is 16.8 Å². The van der Waals surface area contributed by atoms with Crippen LogP contribution < -0.4 is 10.9 Å². The van der Waals surface area contributed by atoms with Gasteiger partial charge >= 0.3 is 0 Å². The molecule has 0 fully saturated rings. The fraction of sp³-hybridized carbons (Fsp3) is 0.643. The monoisotopic (exact) mass is 265 g/mol. The third-order valence-corrected chi connectivity index (χ3v) is 2.78. The van der Waals surface area contributed by atoms with Crippen LogP contribution in [0.4, 0.5) is 0 Å². The summed E-state index contributed by atoms with van der Waals surface area (Å²) < 4.78 is 1.34. The van der Waals surface area contributed by atoms with Crippen molar-refractivity contribution in [3.8, 4) is 0 Å². The molecule has 0 spiro atoms. The zero-order valence-electron chi connectivity index (χ0n) is 12.0. The maximum absolute atomic E-state index is 11.9. The van der Waals surface area contributed by atoms with Crippen LogP contribution >= 0.6 is 0 Å². The summed E-state index contributed by atoms with van der Waals surface area (Å²) in [5, 5.41) is 6.89. The summed E-state index contributed by atoms with van der Waals surface area (Å²) in [4.78, 5) is 23.4. The van der Waals surface area contributed by atoms with Gasteiger partial charge in [0.05, 0.1) is 0 Å². The molecule has 5 nitrogen and oxygen atoms in total. The van der Waals surface area contributed by atoms with Crippen molar-refractivity contribution in [3.05, 3.63) is 28.2 Å². The molecule has 1 aromatic heterocycles. The molecule has 1 N–H and O–H groups in total. The van der Waals surface area contributed by atoms with Gasteiger partial charge in [-0.3, -0.25) is 9.59 Å². The molecule has 0 bridgehead atoms. The molecule has 0 aliphatic rings. The average Bonchev–Trinajstić information content (AvgIpc) is 2.37. The van der Waals surface area contributed by atoms with Crippen LogP contribution in [0.1, 0.15) is 50.5 Å². The number of aryl methyl sites for hydroxylation is 1. The molecule has 5 heteroatoms. The van der Waals surface area contributed by atoms with Crippen LogP contribution in [-0.2, 0) is 6.54 Å². The third-order valence-electron chi connectivity index (χ3n) is 2.78. The normalized spacial score (nSPS) is 10.7. The Kier molecular flexibility index (Phi) is 6.25. The maximum atomic E-state index is 11.9. The highest BCUT2D eigenvalue weighted by molar-refractivity contribution is 5.91. The first kappa shape index (κ1) is 15.4. The van der Waals surface area contributed by atoms with Crippen molar-refractivity contribution in [2.45, 2.75) is 46.6 Å². The molecule has 1 aromatic rings. The molecular weight excluding hydrogens is 242 g/mol. The molecule has 0 aromatic carbocycles. The van der Waals surface area contributed by atoms with Crippen LogP contribution in [-0.4, -0.2) is 22.2 Å². The molecular formula is C14H23N3O2. The zero-order valence-corrected chi connectivity index (χ0v) is 12.0. The Hall–Kier alpha value is -1.65. The van der Waals surface area contributed by atoms with E-state index in [1.54, 1.807) is 0 Å². The van der Waals surface area contributed by atoms with Crippen molar-refractivity contribution >= 4 is 5.91 Å². The van der Waals surface area contributed by atoms with Gasteiger partial charge in [0.25, 0.3) is 11.5 Å². The Labute approximate surface area is 114 Å². The van der Waals surface area contributed by atoms with Gasteiger partial charge < -0.3 is 5.32 Å². The summed E-state index contributed by atoms with van der Waals surface area (Å²) >= 11 is 0. The Balaban J connectivity index is 2.57. The predicted octanol–water partition coefficient (Wildman–Crippen LogP) is 1.82. The number of rotatable bonds is 7. The van der Waals surface area contributed by atoms with E-state index in [-0.39, 0.29) is 11.5 Å². The van der Waals surface area contributed by atoms with Crippen LogP contribution in [0.5, 0.6) is 0 Å². The minimum absolute atomic E-state index is 0.168. The van der Waals surface area contributed by atoms with Gasteiger partial charge in [0.1, 0.15) is 5.69 Å². The van der Waals surface area contributed by atoms with Gasteiger partial charge in [0.2, 0.25) is 0 Å². The number of nitrogens with one attached hydrogen (secondary N) is 1. The lowest BCUT2D eigenvalue weighted by Gasteiger charge is -2.08. The Morgan fingerprint density at radius 1 is 1.42 bits per heavy atom. The van der Waals surface area contributed by atoms with Gasteiger partial charge in [-0.15, -0.1) is 0 Å². The van der Waals surface area contributed by atoms with Crippen molar-refractivity contribution < 1.29 is 4.79 Å². The Morgan fingerprint density at radius 2 is 2.16 bits per heavy atom. The summed E-state index contributed by atoms with van der Waals surface area (Å²) in [5.41, 5.74) is 0.135. The molecule has 106 valence electrons. The number of aromatic nitrogens is 2. The Bertz CT molecular complexity index is 466. The number of amides is 1. The largest absolute Gasteiger partial charge is 0.351 e. The van der Waals surface area contributed by atoms with E-state index in [4.69, 9.17) is 0 Å². The van der Waals surface area contributed by atoms with Crippen molar-refractivity contribution in [3.63, 3.8) is 0 Å². The second-order valence-electron chi connectivity index (χ2n) is 5.07. The van der Waals surface area contributed by atoms with Crippen LogP contribution in [0.15, 0.2) is 16.9 Å². The fourth-order valence-electron chi connectivity index (χ4n) is 1.74. The molecule has 1 rings (SSSR count). The molecule has 0 saturated heterocycles. The van der Waals surface area contributed by atoms with Gasteiger partial charge in [-0.05, 0) is 31.2 Å². The first-order valence-corrected chi connectivity index (χ1v) is 6.91. The molecule has 0 aliphatic heterocycles. The summed E-state index contributed by atoms with van der Waals surface area (Å²) in [6, 6.07) is 2.87. The molecule has 0 aliphatic carbocycles. The van der Waals surface area contributed by atoms with Gasteiger partial charge in [-0.2, -0.15) is 5.10 Å². The van der Waals surface area contributed by atoms with E-state index >= 15 is 0 Å². The van der Waals surface area contributed by atoms with Gasteiger partial charge in [-0.25, -0.2) is 4.68 Å². The van der Waals surface area contributed by atoms with Crippen molar-refractivity contribution in [1.82, 2.24) is 15.1 Å². The highest BCUT2D eigenvalue weighted by atomic mass is 16.2. The van der Waals surface area contributed by atoms with E-state index in [2.05, 4.69) is 24.3 Å². The molecule has 0 atom stereocenters. The summed E-state index contributed by atoms with van der Waals surface area (Å²) in [6.07, 6.45) is 2.85. The number of nitrogens with zero attached hydrogens (tertiary/aromatic N) is 2. The zero-order chi connectivity index (χ0) is 14.3. The van der Waals surface area contributed by atoms with E-state index in [0.29, 0.717) is 24.7 Å². The molecule has 1 amide bonds. The van der Waals surface area contributed by atoms with E-state index in [0.717, 1.165) is 19.3 Å². The first-order chi connectivity index (χ1) is 9.04. The van der Waals surface area contributed by atoms with Crippen LogP contribution in [0.2, 0.25) is 0 Å². The van der Waals surface area contributed by atoms with Crippen LogP contribution in [0, 0.1) is 5.92 Å². The number of hydrogen-bond acceptors (Lipinski definition) is 3. The molecule has 1 heterocycles. The summed E-state index contributed by atoms with van der Waals surface area (Å²) in [7, 11) is 0. The van der Waals surface area contributed by atoms with E-state index in [9.17, 15) is 9.59 Å². The van der Waals surface area contributed by atoms with Gasteiger partial charge in [-0.1, -0.05) is 20.8 Å². The molecule has 0 saturated carbocycles. The lowest BCUT2D eigenvalue weighted by Crippen LogP contribution is -2.30. The van der Waals surface area contributed by atoms with Gasteiger partial charge in [0.15, 0.2) is 0 Å². The molecule has 19 heavy (non-hydrogen) atoms. The quantitative estimate of drug-likeness (QED) is 0.765. The lowest BCUT2D eigenvalue weighted by atomic mass is 10.1. The lowest BCUT2D eigenvalue weighted by molar-refractivity contribution is 0.0945. The maximum Gasteiger partial charge on any atom is 0.271 e. The van der Waals surface area contributed by atoms with Gasteiger partial charge in [0, 0.05) is 19.2 Å². The average molecular weight is 265 g/mol. The van der Waals surface area contributed by atoms with Crippen molar-refractivity contribution in [1.29, 1.82) is 0 Å². The number of carbonyl (C=O) groups is 1. The SMILES string of the molecule is CCCn1nc(C(=O)NCCCC(C)C)ccc1=O. The number of carbonyl (C=O) groups excluding carboxylic acids is 1. The third kappa shape index (κ3) is 5.24. The highest BCUT2D eigenvalue weighted by Gasteiger charge is 2.08. The predicted molar refractivity (Wildman–Crippen MR) is 75.2 cm³/mol. The minimum atomic E-state index is -0.214. The topological polar surface area (TPSA) is 64.0 Å². The highest BCUT2D eigenvalue weighted by Crippen LogP contribution is 2.02. The fourth-order valence-corrected chi connectivity index (χ4v) is 1.74. The van der Waals surface area contributed by atoms with Crippen molar-refractivity contribution in [2.24, 2.45) is 5.92 Å². The van der Waals surface area contributed by atoms with Crippen molar-refractivity contribution in [2.75, 3.05) is 6.54 Å². The Morgan fingerprint density at radius 3 is 2.79 bits per heavy atom. The first-order valence-electron chi connectivity index (χ1n) is 6.91. The van der Waals surface area contributed by atoms with Crippen LogP contribution in [0.25, 0.3) is 0 Å². The van der Waals surface area contributed by atoms with E-state index in [1.807, 2.05) is 6.92 Å². The number of hydrogen-bond donors (Lipinski definition) is 1. The smallest absolute Gasteiger partial charge is 0.271 e.